The molecule has 0 atom stereocenters. The van der Waals surface area contributed by atoms with Crippen LogP contribution in [0.4, 0.5) is 4.39 Å². The first-order chi connectivity index (χ1) is 14.4. The minimum absolute atomic E-state index is 0.215. The lowest BCUT2D eigenvalue weighted by atomic mass is 10.2. The molecule has 0 spiro atoms. The maximum Gasteiger partial charge on any atom is 0.244 e. The van der Waals surface area contributed by atoms with Crippen LogP contribution in [0.3, 0.4) is 0 Å². The van der Waals surface area contributed by atoms with Crippen LogP contribution in [0, 0.1) is 5.82 Å². The average Bonchev–Trinajstić information content (AvgIpc) is 2.74. The summed E-state index contributed by atoms with van der Waals surface area (Å²) in [7, 11) is -3.49. The molecule has 162 valence electrons. The van der Waals surface area contributed by atoms with Crippen LogP contribution in [0.15, 0.2) is 59.5 Å². The molecule has 1 N–H and O–H groups in total. The fraction of sp³-hybridized carbons (Fsp3) is 0.318. The Kier molecular flexibility index (Phi) is 9.55. The minimum atomic E-state index is -3.49. The molecule has 8 heteroatoms. The summed E-state index contributed by atoms with van der Waals surface area (Å²) in [5.74, 6) is 0.779. The molecule has 0 unspecified atom stereocenters. The maximum absolute atomic E-state index is 13.5. The van der Waals surface area contributed by atoms with E-state index in [0.717, 1.165) is 5.56 Å². The number of benzene rings is 2. The first kappa shape index (κ1) is 24.1. The van der Waals surface area contributed by atoms with Crippen molar-refractivity contribution < 1.29 is 17.6 Å². The molecule has 1 amide bonds. The standard InChI is InChI=1S/C22H27FN2O3S2/c1-3-25(4-2)30(27,28)20-12-9-18(10-13-20)11-14-22(26)24-15-16-29-17-19-7-5-6-8-21(19)23/h5-14H,3-4,15-17H2,1-2H3,(H,24,26)/b14-11+. The summed E-state index contributed by atoms with van der Waals surface area (Å²) in [4.78, 5) is 12.2. The van der Waals surface area contributed by atoms with Gasteiger partial charge in [0.25, 0.3) is 0 Å². The molecule has 0 saturated heterocycles. The summed E-state index contributed by atoms with van der Waals surface area (Å²) >= 11 is 1.55. The third kappa shape index (κ3) is 6.97. The van der Waals surface area contributed by atoms with Crippen LogP contribution in [0.25, 0.3) is 6.08 Å². The Bertz CT molecular complexity index is 957. The Morgan fingerprint density at radius 2 is 1.77 bits per heavy atom. The van der Waals surface area contributed by atoms with Crippen LogP contribution < -0.4 is 5.32 Å². The zero-order chi connectivity index (χ0) is 22.0. The van der Waals surface area contributed by atoms with Crippen LogP contribution in [0.2, 0.25) is 0 Å². The fourth-order valence-corrected chi connectivity index (χ4v) is 5.04. The van der Waals surface area contributed by atoms with Crippen molar-refractivity contribution in [2.45, 2.75) is 24.5 Å². The van der Waals surface area contributed by atoms with Crippen LogP contribution in [0.5, 0.6) is 0 Å². The summed E-state index contributed by atoms with van der Waals surface area (Å²) in [6.45, 7) is 4.91. The molecular formula is C22H27FN2O3S2. The lowest BCUT2D eigenvalue weighted by Gasteiger charge is -2.18. The highest BCUT2D eigenvalue weighted by atomic mass is 32.2. The van der Waals surface area contributed by atoms with E-state index in [4.69, 9.17) is 0 Å². The second-order valence-electron chi connectivity index (χ2n) is 6.43. The van der Waals surface area contributed by atoms with E-state index in [2.05, 4.69) is 5.32 Å². The molecule has 0 bridgehead atoms. The molecular weight excluding hydrogens is 423 g/mol. The van der Waals surface area contributed by atoms with Crippen LogP contribution in [0.1, 0.15) is 25.0 Å². The molecule has 0 aliphatic rings. The van der Waals surface area contributed by atoms with E-state index in [9.17, 15) is 17.6 Å². The van der Waals surface area contributed by atoms with Crippen LogP contribution in [-0.2, 0) is 20.6 Å². The Labute approximate surface area is 182 Å². The van der Waals surface area contributed by atoms with E-state index < -0.39 is 10.0 Å². The van der Waals surface area contributed by atoms with Crippen molar-refractivity contribution in [3.8, 4) is 0 Å². The first-order valence-electron chi connectivity index (χ1n) is 9.75. The molecule has 0 fully saturated rings. The summed E-state index contributed by atoms with van der Waals surface area (Å²) in [5, 5.41) is 2.78. The van der Waals surface area contributed by atoms with Crippen molar-refractivity contribution in [1.82, 2.24) is 9.62 Å². The molecule has 0 radical (unpaired) electrons. The molecule has 5 nitrogen and oxygen atoms in total. The number of rotatable bonds is 11. The maximum atomic E-state index is 13.5. The number of amides is 1. The number of nitrogens with zero attached hydrogens (tertiary/aromatic N) is 1. The van der Waals surface area contributed by atoms with Gasteiger partial charge >= 0.3 is 0 Å². The normalized spacial score (nSPS) is 11.9. The van der Waals surface area contributed by atoms with Gasteiger partial charge in [0.1, 0.15) is 5.82 Å². The second-order valence-corrected chi connectivity index (χ2v) is 9.47. The number of thioether (sulfide) groups is 1. The van der Waals surface area contributed by atoms with Gasteiger partial charge < -0.3 is 5.32 Å². The van der Waals surface area contributed by atoms with Crippen molar-refractivity contribution in [2.24, 2.45) is 0 Å². The van der Waals surface area contributed by atoms with Gasteiger partial charge in [-0.3, -0.25) is 4.79 Å². The Morgan fingerprint density at radius 1 is 1.10 bits per heavy atom. The number of nitrogens with one attached hydrogen (secondary N) is 1. The van der Waals surface area contributed by atoms with Gasteiger partial charge in [-0.2, -0.15) is 16.1 Å². The van der Waals surface area contributed by atoms with Crippen molar-refractivity contribution in [2.75, 3.05) is 25.4 Å². The number of hydrogen-bond acceptors (Lipinski definition) is 4. The number of carbonyl (C=O) groups excluding carboxylic acids is 1. The first-order valence-corrected chi connectivity index (χ1v) is 12.3. The highest BCUT2D eigenvalue weighted by molar-refractivity contribution is 7.98. The summed E-state index contributed by atoms with van der Waals surface area (Å²) < 4.78 is 39.9. The lowest BCUT2D eigenvalue weighted by molar-refractivity contribution is -0.116. The Balaban J connectivity index is 1.78. The number of carbonyl (C=O) groups is 1. The van der Waals surface area contributed by atoms with E-state index >= 15 is 0 Å². The number of sulfonamides is 1. The molecule has 2 aromatic carbocycles. The predicted octanol–water partition coefficient (Wildman–Crippen LogP) is 3.92. The molecule has 2 rings (SSSR count). The SMILES string of the molecule is CCN(CC)S(=O)(=O)c1ccc(/C=C/C(=O)NCCSCc2ccccc2F)cc1. The zero-order valence-electron chi connectivity index (χ0n) is 17.2. The third-order valence-electron chi connectivity index (χ3n) is 4.41. The van der Waals surface area contributed by atoms with Gasteiger partial charge in [0.15, 0.2) is 0 Å². The predicted molar refractivity (Wildman–Crippen MR) is 121 cm³/mol. The molecule has 0 aliphatic carbocycles. The highest BCUT2D eigenvalue weighted by Gasteiger charge is 2.20. The average molecular weight is 451 g/mol. The molecule has 0 heterocycles. The van der Waals surface area contributed by atoms with Crippen LogP contribution >= 0.6 is 11.8 Å². The van der Waals surface area contributed by atoms with Gasteiger partial charge in [-0.05, 0) is 35.4 Å². The van der Waals surface area contributed by atoms with E-state index in [1.807, 2.05) is 0 Å². The van der Waals surface area contributed by atoms with Crippen molar-refractivity contribution in [3.63, 3.8) is 0 Å². The van der Waals surface area contributed by atoms with Gasteiger partial charge in [-0.15, -0.1) is 0 Å². The van der Waals surface area contributed by atoms with Gasteiger partial charge in [-0.1, -0.05) is 44.2 Å². The fourth-order valence-electron chi connectivity index (χ4n) is 2.74. The molecule has 2 aromatic rings. The van der Waals surface area contributed by atoms with E-state index in [1.54, 1.807) is 74.1 Å². The summed E-state index contributed by atoms with van der Waals surface area (Å²) in [6.07, 6.45) is 3.05. The topological polar surface area (TPSA) is 66.5 Å². The molecule has 30 heavy (non-hydrogen) atoms. The smallest absolute Gasteiger partial charge is 0.244 e. The van der Waals surface area contributed by atoms with E-state index in [0.29, 0.717) is 36.7 Å². The van der Waals surface area contributed by atoms with Gasteiger partial charge in [0, 0.05) is 37.2 Å². The Hall–Kier alpha value is -2.16. The largest absolute Gasteiger partial charge is 0.352 e. The van der Waals surface area contributed by atoms with E-state index in [-0.39, 0.29) is 16.6 Å². The summed E-state index contributed by atoms with van der Waals surface area (Å²) in [5.41, 5.74) is 1.39. The second kappa shape index (κ2) is 11.9. The molecule has 0 aliphatic heterocycles. The monoisotopic (exact) mass is 450 g/mol. The molecule has 0 saturated carbocycles. The van der Waals surface area contributed by atoms with Crippen molar-refractivity contribution >= 4 is 33.8 Å². The Morgan fingerprint density at radius 3 is 2.40 bits per heavy atom. The molecule has 0 aromatic heterocycles. The highest BCUT2D eigenvalue weighted by Crippen LogP contribution is 2.17. The van der Waals surface area contributed by atoms with Crippen molar-refractivity contribution in [1.29, 1.82) is 0 Å². The minimum Gasteiger partial charge on any atom is -0.352 e. The van der Waals surface area contributed by atoms with Gasteiger partial charge in [0.05, 0.1) is 4.90 Å². The quantitative estimate of drug-likeness (QED) is 0.416. The number of halogens is 1. The van der Waals surface area contributed by atoms with Crippen molar-refractivity contribution in [3.05, 3.63) is 71.6 Å². The lowest BCUT2D eigenvalue weighted by Crippen LogP contribution is -2.30. The van der Waals surface area contributed by atoms with Gasteiger partial charge in [0.2, 0.25) is 15.9 Å². The van der Waals surface area contributed by atoms with E-state index in [1.165, 1.54) is 16.4 Å². The summed E-state index contributed by atoms with van der Waals surface area (Å²) in [6, 6.07) is 13.1. The van der Waals surface area contributed by atoms with Crippen LogP contribution in [-0.4, -0.2) is 44.0 Å². The van der Waals surface area contributed by atoms with Gasteiger partial charge in [-0.25, -0.2) is 12.8 Å². The number of hydrogen-bond donors (Lipinski definition) is 1. The zero-order valence-corrected chi connectivity index (χ0v) is 18.8. The third-order valence-corrected chi connectivity index (χ3v) is 7.48.